The van der Waals surface area contributed by atoms with Crippen molar-refractivity contribution in [2.45, 2.75) is 62.1 Å². The first-order valence-corrected chi connectivity index (χ1v) is 22.6. The molecule has 1 aliphatic carbocycles. The molecule has 3 aromatic carbocycles. The summed E-state index contributed by atoms with van der Waals surface area (Å²) in [6.45, 7) is 6.98. The first-order chi connectivity index (χ1) is 28.3. The van der Waals surface area contributed by atoms with Gasteiger partial charge >= 0.3 is 6.18 Å². The molecule has 0 spiro atoms. The second-order valence-electron chi connectivity index (χ2n) is 17.8. The molecule has 0 unspecified atom stereocenters. The molecule has 0 saturated heterocycles. The minimum atomic E-state index is -4.46. The fourth-order valence-corrected chi connectivity index (χ4v) is 11.3. The van der Waals surface area contributed by atoms with E-state index in [4.69, 9.17) is 0 Å². The summed E-state index contributed by atoms with van der Waals surface area (Å²) >= 11 is 1.42. The first kappa shape index (κ1) is 49.0. The predicted octanol–water partition coefficient (Wildman–Crippen LogP) is -15.8. The van der Waals surface area contributed by atoms with Gasteiger partial charge in [-0.05, 0) is 43.5 Å². The standard InChI is InChI=1S/C36H52B14F4N4O2S/c1-3-56(4-2)8-9-58(15(59)10-57-14-7-5-6-12(14)33(60)55-34(57)61-11-13-20(37)30(47)32(51)31(48)21(13)38)35(49,50)18-26(43)22(39)16(23(40)27(18)44)17-24(41)28(45)19(36(52,53)54)29(46)25(17)42/h3-11,37-50H2,1-2H3. The summed E-state index contributed by atoms with van der Waals surface area (Å²) in [6.07, 6.45) is -2.37. The van der Waals surface area contributed by atoms with Crippen LogP contribution in [0.4, 0.5) is 17.6 Å². The number of amides is 1. The van der Waals surface area contributed by atoms with Gasteiger partial charge in [0.2, 0.25) is 5.91 Å². The molecule has 1 amide bonds. The van der Waals surface area contributed by atoms with Crippen LogP contribution in [0.15, 0.2) is 9.95 Å². The summed E-state index contributed by atoms with van der Waals surface area (Å²) in [5.74, 6) is 0.171. The molecule has 1 heterocycles. The number of likely N-dealkylation sites (N-methyl/N-ethyl adjacent to an activating group) is 1. The highest BCUT2D eigenvalue weighted by molar-refractivity contribution is 7.98. The number of hydrogen-bond donors (Lipinski definition) is 0. The Labute approximate surface area is 376 Å². The maximum atomic E-state index is 15.3. The zero-order chi connectivity index (χ0) is 45.8. The van der Waals surface area contributed by atoms with Gasteiger partial charge in [0, 0.05) is 41.0 Å². The lowest BCUT2D eigenvalue weighted by Gasteiger charge is -2.44. The van der Waals surface area contributed by atoms with Gasteiger partial charge in [-0.15, -0.1) is 0 Å². The number of halogens is 4. The van der Waals surface area contributed by atoms with E-state index in [-0.39, 0.29) is 34.8 Å². The van der Waals surface area contributed by atoms with Crippen molar-refractivity contribution in [1.29, 1.82) is 0 Å². The number of benzene rings is 3. The molecule has 25 heteroatoms. The number of carbonyl (C=O) groups is 1. The number of rotatable bonds is 13. The Balaban J connectivity index is 1.65. The lowest BCUT2D eigenvalue weighted by Crippen LogP contribution is -2.61. The number of thioether (sulfide) groups is 1. The Morgan fingerprint density at radius 1 is 0.705 bits per heavy atom. The van der Waals surface area contributed by atoms with Crippen molar-refractivity contribution in [2.24, 2.45) is 0 Å². The minimum Gasteiger partial charge on any atom is -0.346 e. The molecule has 0 aliphatic heterocycles. The van der Waals surface area contributed by atoms with E-state index < -0.39 is 17.1 Å². The number of nitrogens with zero attached hydrogens (tertiary/aromatic N) is 4. The molecule has 0 fully saturated rings. The summed E-state index contributed by atoms with van der Waals surface area (Å²) < 4.78 is 60.0. The van der Waals surface area contributed by atoms with Crippen LogP contribution < -0.4 is 71.1 Å². The van der Waals surface area contributed by atoms with Gasteiger partial charge in [0.15, 0.2) is 5.16 Å². The minimum absolute atomic E-state index is 0.00426. The summed E-state index contributed by atoms with van der Waals surface area (Å²) in [5.41, 5.74) is 13.1. The van der Waals surface area contributed by atoms with Gasteiger partial charge < -0.3 is 14.4 Å². The lowest BCUT2D eigenvalue weighted by atomic mass is 9.49. The van der Waals surface area contributed by atoms with Crippen LogP contribution in [0.3, 0.4) is 0 Å². The smallest absolute Gasteiger partial charge is 0.346 e. The molecule has 0 radical (unpaired) electrons. The van der Waals surface area contributed by atoms with Gasteiger partial charge in [0.05, 0.1) is 0 Å². The molecular formula is C36H52B14F4N4O2S. The number of alkyl halides is 3. The van der Waals surface area contributed by atoms with Gasteiger partial charge in [0.1, 0.15) is 122 Å². The van der Waals surface area contributed by atoms with E-state index in [0.29, 0.717) is 64.3 Å². The predicted molar refractivity (Wildman–Crippen MR) is 290 cm³/mol. The Kier molecular flexibility index (Phi) is 14.9. The third-order valence-corrected chi connectivity index (χ3v) is 15.4. The van der Waals surface area contributed by atoms with E-state index in [1.807, 2.05) is 40.9 Å². The monoisotopic (exact) mass is 835 g/mol. The van der Waals surface area contributed by atoms with Crippen molar-refractivity contribution in [3.05, 3.63) is 44.1 Å². The summed E-state index contributed by atoms with van der Waals surface area (Å²) in [4.78, 5) is 37.6. The van der Waals surface area contributed by atoms with Crippen molar-refractivity contribution in [3.8, 4) is 11.1 Å². The van der Waals surface area contributed by atoms with Crippen LogP contribution in [0.5, 0.6) is 0 Å². The normalized spacial score (nSPS) is 12.9. The molecule has 304 valence electrons. The largest absolute Gasteiger partial charge is 0.415 e. The average Bonchev–Trinajstić information content (AvgIpc) is 3.69. The van der Waals surface area contributed by atoms with E-state index in [9.17, 15) is 18.0 Å². The summed E-state index contributed by atoms with van der Waals surface area (Å²) in [5, 5.41) is -0.335. The fraction of sp³-hybridized carbons (Fsp3) is 0.361. The molecule has 4 aromatic rings. The molecule has 1 aliphatic rings. The molecule has 0 atom stereocenters. The number of aromatic nitrogens is 2. The van der Waals surface area contributed by atoms with Crippen LogP contribution >= 0.6 is 11.8 Å². The SMILES string of the molecule is Bc1c(B)c(CSc2nc(=O)c3c(n2CC(=O)N(CCN(CC)CC)C(B)(B)c2c(B)c(B)c(-c4c(B)c(B)c(C(F)(F)F)c(B)c4B)c(B)c2B)CCC3)c(B)c(B)c1F. The van der Waals surface area contributed by atoms with Crippen LogP contribution in [0.1, 0.15) is 48.2 Å². The van der Waals surface area contributed by atoms with Gasteiger partial charge in [-0.25, -0.2) is 4.39 Å². The Hall–Kier alpha value is -3.05. The van der Waals surface area contributed by atoms with Crippen molar-refractivity contribution in [3.63, 3.8) is 0 Å². The third kappa shape index (κ3) is 8.91. The van der Waals surface area contributed by atoms with E-state index in [1.165, 1.54) is 11.8 Å². The quantitative estimate of drug-likeness (QED) is 0.0581. The van der Waals surface area contributed by atoms with E-state index in [1.54, 1.807) is 47.1 Å². The maximum Gasteiger partial charge on any atom is 0.415 e. The summed E-state index contributed by atoms with van der Waals surface area (Å²) in [6, 6.07) is 0. The van der Waals surface area contributed by atoms with Gasteiger partial charge in [0.25, 0.3) is 5.56 Å². The van der Waals surface area contributed by atoms with Crippen molar-refractivity contribution in [2.75, 3.05) is 26.2 Å². The number of fused-ring (bicyclic) bond motifs is 1. The molecule has 0 saturated carbocycles. The average molecular weight is 832 g/mol. The fourth-order valence-electron chi connectivity index (χ4n) is 10.1. The molecule has 61 heavy (non-hydrogen) atoms. The highest BCUT2D eigenvalue weighted by atomic mass is 32.2. The zero-order valence-corrected chi connectivity index (χ0v) is 40.2. The molecule has 5 rings (SSSR count). The first-order valence-electron chi connectivity index (χ1n) is 21.7. The lowest BCUT2D eigenvalue weighted by molar-refractivity contribution is -0.136. The summed E-state index contributed by atoms with van der Waals surface area (Å²) in [7, 11) is 26.6. The Morgan fingerprint density at radius 2 is 1.18 bits per heavy atom. The molecule has 0 N–H and O–H groups in total. The topological polar surface area (TPSA) is 58.4 Å². The van der Waals surface area contributed by atoms with E-state index in [0.717, 1.165) is 80.2 Å². The second kappa shape index (κ2) is 18.6. The Morgan fingerprint density at radius 3 is 1.64 bits per heavy atom. The Bertz CT molecular complexity index is 2420. The highest BCUT2D eigenvalue weighted by Crippen LogP contribution is 2.29. The van der Waals surface area contributed by atoms with Crippen molar-refractivity contribution >= 4 is 193 Å². The molecule has 0 bridgehead atoms. The van der Waals surface area contributed by atoms with Crippen LogP contribution in [-0.2, 0) is 41.4 Å². The highest BCUT2D eigenvalue weighted by Gasteiger charge is 2.39. The van der Waals surface area contributed by atoms with Gasteiger partial charge in [-0.2, -0.15) is 18.2 Å². The maximum absolute atomic E-state index is 15.3. The van der Waals surface area contributed by atoms with Crippen molar-refractivity contribution < 1.29 is 22.4 Å². The number of carbonyl (C=O) groups excluding carboxylic acids is 1. The van der Waals surface area contributed by atoms with E-state index >= 15 is 9.18 Å². The second-order valence-corrected chi connectivity index (χ2v) is 18.7. The molecule has 1 aromatic heterocycles. The van der Waals surface area contributed by atoms with Crippen molar-refractivity contribution in [1.82, 2.24) is 19.4 Å². The third-order valence-electron chi connectivity index (χ3n) is 14.4. The molecule has 6 nitrogen and oxygen atoms in total. The zero-order valence-electron chi connectivity index (χ0n) is 39.4. The van der Waals surface area contributed by atoms with Crippen LogP contribution in [0, 0.1) is 5.82 Å². The van der Waals surface area contributed by atoms with Crippen LogP contribution in [0.25, 0.3) is 11.1 Å². The van der Waals surface area contributed by atoms with E-state index in [2.05, 4.69) is 55.1 Å². The van der Waals surface area contributed by atoms with Gasteiger partial charge in [-0.1, -0.05) is 102 Å². The molecular weight excluding hydrogens is 780 g/mol. The van der Waals surface area contributed by atoms with Crippen LogP contribution in [-0.4, -0.2) is 161 Å². The van der Waals surface area contributed by atoms with Gasteiger partial charge in [-0.3, -0.25) is 9.59 Å². The van der Waals surface area contributed by atoms with Crippen LogP contribution in [0.2, 0.25) is 0 Å². The number of hydrogen-bond acceptors (Lipinski definition) is 5.